The van der Waals surface area contributed by atoms with Gasteiger partial charge in [0, 0.05) is 35.9 Å². The van der Waals surface area contributed by atoms with Crippen LogP contribution in [0.2, 0.25) is 5.02 Å². The molecular weight excluding hydrogens is 379 g/mol. The number of sulfonamides is 1. The summed E-state index contributed by atoms with van der Waals surface area (Å²) in [5.74, 6) is -1.12. The number of rotatable bonds is 6. The molecule has 1 heterocycles. The van der Waals surface area contributed by atoms with E-state index < -0.39 is 21.6 Å². The number of halogens is 2. The quantitative estimate of drug-likeness (QED) is 0.812. The Hall–Kier alpha value is -1.67. The van der Waals surface area contributed by atoms with Crippen molar-refractivity contribution in [3.8, 4) is 0 Å². The Morgan fingerprint density at radius 2 is 1.81 bits per heavy atom. The maximum atomic E-state index is 13.8. The Kier molecular flexibility index (Phi) is 6.13. The number of nitrogens with zero attached hydrogens (tertiary/aromatic N) is 1. The van der Waals surface area contributed by atoms with Crippen LogP contribution >= 0.6 is 11.6 Å². The largest absolute Gasteiger partial charge is 0.378 e. The van der Waals surface area contributed by atoms with Crippen LogP contribution < -0.4 is 9.62 Å². The number of nitrogens with one attached hydrogen (secondary N) is 1. The van der Waals surface area contributed by atoms with Crippen molar-refractivity contribution in [2.24, 2.45) is 0 Å². The number of hydrogen-bond acceptors (Lipinski definition) is 4. The number of ether oxygens (including phenoxy) is 1. The molecule has 0 aliphatic carbocycles. The van der Waals surface area contributed by atoms with Crippen LogP contribution in [-0.2, 0) is 27.1 Å². The molecule has 0 aromatic heterocycles. The Balaban J connectivity index is 1.60. The summed E-state index contributed by atoms with van der Waals surface area (Å²) in [5, 5.41) is 0.102. The van der Waals surface area contributed by atoms with Crippen LogP contribution in [0.15, 0.2) is 42.5 Å². The summed E-state index contributed by atoms with van der Waals surface area (Å²) in [7, 11) is -3.71. The molecule has 26 heavy (non-hydrogen) atoms. The molecule has 0 bridgehead atoms. The van der Waals surface area contributed by atoms with Crippen molar-refractivity contribution in [1.82, 2.24) is 4.72 Å². The first-order chi connectivity index (χ1) is 12.4. The highest BCUT2D eigenvalue weighted by atomic mass is 35.5. The minimum atomic E-state index is -3.71. The minimum absolute atomic E-state index is 0.0238. The van der Waals surface area contributed by atoms with Gasteiger partial charge < -0.3 is 9.64 Å². The van der Waals surface area contributed by atoms with Crippen molar-refractivity contribution in [3.63, 3.8) is 0 Å². The zero-order valence-electron chi connectivity index (χ0n) is 14.1. The van der Waals surface area contributed by atoms with Gasteiger partial charge in [0.1, 0.15) is 5.82 Å². The number of benzene rings is 2. The molecule has 0 atom stereocenters. The van der Waals surface area contributed by atoms with Crippen molar-refractivity contribution in [2.45, 2.75) is 12.3 Å². The Bertz CT molecular complexity index is 833. The van der Waals surface area contributed by atoms with E-state index in [4.69, 9.17) is 16.3 Å². The van der Waals surface area contributed by atoms with Gasteiger partial charge in [-0.1, -0.05) is 29.8 Å². The van der Waals surface area contributed by atoms with E-state index in [0.717, 1.165) is 24.3 Å². The molecule has 0 spiro atoms. The smallest absolute Gasteiger partial charge is 0.216 e. The van der Waals surface area contributed by atoms with Gasteiger partial charge in [0.25, 0.3) is 0 Å². The van der Waals surface area contributed by atoms with E-state index >= 15 is 0 Å². The molecule has 8 heteroatoms. The molecule has 2 aromatic carbocycles. The maximum absolute atomic E-state index is 13.8. The summed E-state index contributed by atoms with van der Waals surface area (Å²) in [5.41, 5.74) is 1.88. The van der Waals surface area contributed by atoms with Gasteiger partial charge in [0.15, 0.2) is 0 Å². The fraction of sp³-hybridized carbons (Fsp3) is 0.333. The highest BCUT2D eigenvalue weighted by Gasteiger charge is 2.17. The van der Waals surface area contributed by atoms with Crippen LogP contribution in [0.5, 0.6) is 0 Å². The van der Waals surface area contributed by atoms with E-state index in [0.29, 0.717) is 13.2 Å². The molecule has 0 unspecified atom stereocenters. The number of anilines is 1. The van der Waals surface area contributed by atoms with E-state index in [2.05, 4.69) is 9.62 Å². The Morgan fingerprint density at radius 1 is 1.12 bits per heavy atom. The van der Waals surface area contributed by atoms with Gasteiger partial charge in [-0.2, -0.15) is 0 Å². The lowest BCUT2D eigenvalue weighted by Crippen LogP contribution is -2.36. The molecule has 2 aromatic rings. The first-order valence-electron chi connectivity index (χ1n) is 8.26. The van der Waals surface area contributed by atoms with Crippen molar-refractivity contribution >= 4 is 27.3 Å². The van der Waals surface area contributed by atoms with Gasteiger partial charge in [-0.15, -0.1) is 0 Å². The standard InChI is InChI=1S/C18H20ClFN2O3S/c19-17-2-1-3-18(20)16(17)13-26(23,24)21-12-14-4-6-15(7-5-14)22-8-10-25-11-9-22/h1-7,21H,8-13H2. The number of hydrogen-bond donors (Lipinski definition) is 1. The third-order valence-electron chi connectivity index (χ3n) is 4.20. The highest BCUT2D eigenvalue weighted by Crippen LogP contribution is 2.21. The fourth-order valence-electron chi connectivity index (χ4n) is 2.75. The summed E-state index contributed by atoms with van der Waals surface area (Å²) < 4.78 is 46.1. The lowest BCUT2D eigenvalue weighted by atomic mass is 10.2. The van der Waals surface area contributed by atoms with Crippen molar-refractivity contribution in [1.29, 1.82) is 0 Å². The van der Waals surface area contributed by atoms with Gasteiger partial charge in [-0.05, 0) is 29.8 Å². The second-order valence-corrected chi connectivity index (χ2v) is 8.26. The Labute approximate surface area is 157 Å². The lowest BCUT2D eigenvalue weighted by molar-refractivity contribution is 0.122. The van der Waals surface area contributed by atoms with Crippen LogP contribution in [0, 0.1) is 5.82 Å². The molecule has 0 saturated carbocycles. The van der Waals surface area contributed by atoms with Gasteiger partial charge >= 0.3 is 0 Å². The average molecular weight is 399 g/mol. The van der Waals surface area contributed by atoms with Crippen molar-refractivity contribution in [2.75, 3.05) is 31.2 Å². The van der Waals surface area contributed by atoms with Gasteiger partial charge in [0.05, 0.1) is 19.0 Å². The Morgan fingerprint density at radius 3 is 2.46 bits per heavy atom. The summed E-state index contributed by atoms with van der Waals surface area (Å²) in [6.07, 6.45) is 0. The molecule has 1 saturated heterocycles. The summed E-state index contributed by atoms with van der Waals surface area (Å²) in [6, 6.07) is 11.8. The lowest BCUT2D eigenvalue weighted by Gasteiger charge is -2.28. The molecule has 3 rings (SSSR count). The molecule has 1 aliphatic rings. The maximum Gasteiger partial charge on any atom is 0.216 e. The van der Waals surface area contributed by atoms with Crippen LogP contribution in [0.4, 0.5) is 10.1 Å². The van der Waals surface area contributed by atoms with Gasteiger partial charge in [-0.3, -0.25) is 0 Å². The number of morpholine rings is 1. The first-order valence-corrected chi connectivity index (χ1v) is 10.3. The SMILES string of the molecule is O=S(=O)(Cc1c(F)cccc1Cl)NCc1ccc(N2CCOCC2)cc1. The topological polar surface area (TPSA) is 58.6 Å². The predicted octanol–water partition coefficient (Wildman–Crippen LogP) is 2.94. The summed E-state index contributed by atoms with van der Waals surface area (Å²) >= 11 is 5.90. The van der Waals surface area contributed by atoms with E-state index in [-0.39, 0.29) is 17.1 Å². The zero-order chi connectivity index (χ0) is 18.6. The molecule has 0 radical (unpaired) electrons. The first kappa shape index (κ1) is 19.1. The second-order valence-electron chi connectivity index (χ2n) is 6.05. The fourth-order valence-corrected chi connectivity index (χ4v) is 4.22. The molecule has 1 fully saturated rings. The van der Waals surface area contributed by atoms with Crippen LogP contribution in [0.25, 0.3) is 0 Å². The normalized spacial score (nSPS) is 15.2. The molecule has 5 nitrogen and oxygen atoms in total. The minimum Gasteiger partial charge on any atom is -0.378 e. The third-order valence-corrected chi connectivity index (χ3v) is 5.81. The van der Waals surface area contributed by atoms with E-state index in [1.807, 2.05) is 24.3 Å². The van der Waals surface area contributed by atoms with Crippen molar-refractivity contribution < 1.29 is 17.5 Å². The summed E-state index contributed by atoms with van der Waals surface area (Å²) in [4.78, 5) is 2.22. The third kappa shape index (κ3) is 4.94. The van der Waals surface area contributed by atoms with E-state index in [9.17, 15) is 12.8 Å². The van der Waals surface area contributed by atoms with Crippen LogP contribution in [0.3, 0.4) is 0 Å². The van der Waals surface area contributed by atoms with E-state index in [1.165, 1.54) is 18.2 Å². The van der Waals surface area contributed by atoms with Crippen LogP contribution in [-0.4, -0.2) is 34.7 Å². The monoisotopic (exact) mass is 398 g/mol. The molecule has 140 valence electrons. The predicted molar refractivity (Wildman–Crippen MR) is 100 cm³/mol. The van der Waals surface area contributed by atoms with Crippen molar-refractivity contribution in [3.05, 3.63) is 64.4 Å². The second kappa shape index (κ2) is 8.35. The molecule has 1 N–H and O–H groups in total. The van der Waals surface area contributed by atoms with Gasteiger partial charge in [-0.25, -0.2) is 17.5 Å². The zero-order valence-corrected chi connectivity index (χ0v) is 15.7. The average Bonchev–Trinajstić information content (AvgIpc) is 2.65. The summed E-state index contributed by atoms with van der Waals surface area (Å²) in [6.45, 7) is 3.24. The highest BCUT2D eigenvalue weighted by molar-refractivity contribution is 7.88. The molecule has 1 aliphatic heterocycles. The van der Waals surface area contributed by atoms with Crippen LogP contribution in [0.1, 0.15) is 11.1 Å². The molecule has 0 amide bonds. The molecular formula is C18H20ClFN2O3S. The van der Waals surface area contributed by atoms with E-state index in [1.54, 1.807) is 0 Å². The van der Waals surface area contributed by atoms with Gasteiger partial charge in [0.2, 0.25) is 10.0 Å².